The van der Waals surface area contributed by atoms with Gasteiger partial charge in [-0.15, -0.1) is 0 Å². The van der Waals surface area contributed by atoms with E-state index >= 15 is 0 Å². The second-order valence-electron chi connectivity index (χ2n) is 23.3. The highest BCUT2D eigenvalue weighted by atomic mass is 31.2. The number of phosphoric ester groups is 1. The number of hydrogen-bond acceptors (Lipinski definition) is 6. The number of amides is 1. The Morgan fingerprint density at radius 1 is 0.434 bits per heavy atom. The van der Waals surface area contributed by atoms with E-state index in [1.54, 1.807) is 0 Å². The van der Waals surface area contributed by atoms with Gasteiger partial charge in [-0.25, -0.2) is 4.57 Å². The predicted molar refractivity (Wildman–Crippen MR) is 359 cm³/mol. The first-order chi connectivity index (χ1) is 40.4. The quantitative estimate of drug-likeness (QED) is 0.0205. The highest BCUT2D eigenvalue weighted by molar-refractivity contribution is 7.47. The first kappa shape index (κ1) is 79.2. The van der Waals surface area contributed by atoms with Gasteiger partial charge in [0.05, 0.1) is 33.8 Å². The zero-order valence-corrected chi connectivity index (χ0v) is 55.0. The van der Waals surface area contributed by atoms with Gasteiger partial charge in [-0.3, -0.25) is 18.6 Å². The maximum absolute atomic E-state index is 13.6. The van der Waals surface area contributed by atoms with Crippen LogP contribution in [-0.4, -0.2) is 74.3 Å². The summed E-state index contributed by atoms with van der Waals surface area (Å²) in [5, 5.41) is 3.04. The second-order valence-corrected chi connectivity index (χ2v) is 24.7. The summed E-state index contributed by atoms with van der Waals surface area (Å²) in [5.74, 6) is -0.565. The maximum Gasteiger partial charge on any atom is 0.472 e. The van der Waals surface area contributed by atoms with Crippen molar-refractivity contribution in [2.75, 3.05) is 40.9 Å². The van der Waals surface area contributed by atoms with E-state index in [9.17, 15) is 19.0 Å². The lowest BCUT2D eigenvalue weighted by Crippen LogP contribution is -2.47. The predicted octanol–water partition coefficient (Wildman–Crippen LogP) is 21.2. The summed E-state index contributed by atoms with van der Waals surface area (Å²) in [7, 11) is 1.45. The zero-order chi connectivity index (χ0) is 60.7. The van der Waals surface area contributed by atoms with Crippen LogP contribution in [0.15, 0.2) is 134 Å². The van der Waals surface area contributed by atoms with Crippen LogP contribution in [0, 0.1) is 0 Å². The Balaban J connectivity index is 5.29. The fourth-order valence-corrected chi connectivity index (χ4v) is 9.66. The molecule has 0 rings (SSSR count). The van der Waals surface area contributed by atoms with Gasteiger partial charge in [0, 0.05) is 12.8 Å². The summed E-state index contributed by atoms with van der Waals surface area (Å²) in [6.07, 6.45) is 87.4. The molecule has 0 saturated heterocycles. The molecule has 474 valence electrons. The van der Waals surface area contributed by atoms with Gasteiger partial charge in [0.1, 0.15) is 19.3 Å². The minimum atomic E-state index is -4.48. The third kappa shape index (κ3) is 62.5. The van der Waals surface area contributed by atoms with Crippen molar-refractivity contribution in [3.8, 4) is 0 Å². The van der Waals surface area contributed by atoms with Gasteiger partial charge in [-0.05, 0) is 128 Å². The Hall–Kier alpha value is -3.85. The Morgan fingerprint density at radius 3 is 1.19 bits per heavy atom. The summed E-state index contributed by atoms with van der Waals surface area (Å²) in [6, 6.07) is -0.882. The van der Waals surface area contributed by atoms with E-state index in [1.807, 2.05) is 33.3 Å². The number of ether oxygens (including phenoxy) is 1. The number of unbranched alkanes of at least 4 members (excludes halogenated alkanes) is 23. The summed E-state index contributed by atoms with van der Waals surface area (Å²) >= 11 is 0. The molecule has 3 unspecified atom stereocenters. The highest BCUT2D eigenvalue weighted by Gasteiger charge is 2.30. The molecule has 83 heavy (non-hydrogen) atoms. The molecule has 0 saturated carbocycles. The van der Waals surface area contributed by atoms with Crippen molar-refractivity contribution < 1.29 is 37.3 Å². The van der Waals surface area contributed by atoms with Crippen molar-refractivity contribution in [3.05, 3.63) is 134 Å². The van der Waals surface area contributed by atoms with Gasteiger partial charge in [0.25, 0.3) is 0 Å². The number of esters is 1. The lowest BCUT2D eigenvalue weighted by atomic mass is 10.0. The van der Waals surface area contributed by atoms with Crippen LogP contribution in [0.25, 0.3) is 0 Å². The standard InChI is InChI=1S/C73H125N2O7P/c1-7-10-13-16-19-22-25-28-30-32-34-35-36-37-38-39-41-43-45-48-51-54-57-60-63-66-73(77)82-71(64-61-58-55-52-49-46-27-24-21-18-15-12-9-3)70(69-81-83(78,79)80-68-67-75(4,5)6)74-72(76)65-62-59-56-53-50-47-44-42-40-33-31-29-26-23-20-17-14-11-8-2/h10,13,19-20,22-23,28-31,34-35,37-38,40-43,47,50,61,64,70-71H,7-9,11-12,14-18,21,24-27,32-33,36,39,44-46,48-49,51-60,62-63,65-69H2,1-6H3,(H-,74,76,78,79)/p+1/b13-10-,22-19-,23-20-,30-28-,31-29-,35-34-,38-37-,42-40-,43-41-,50-47-,64-61-. The minimum Gasteiger partial charge on any atom is -0.456 e. The second kappa shape index (κ2) is 61.2. The topological polar surface area (TPSA) is 111 Å². The molecular weight excluding hydrogens is 1050 g/mol. The largest absolute Gasteiger partial charge is 0.472 e. The molecule has 10 heteroatoms. The molecule has 1 amide bonds. The number of phosphoric acid groups is 1. The number of nitrogens with zero attached hydrogens (tertiary/aromatic N) is 1. The monoisotopic (exact) mass is 1170 g/mol. The number of allylic oxidation sites excluding steroid dienone is 21. The molecule has 0 bridgehead atoms. The van der Waals surface area contributed by atoms with Gasteiger partial charge in [0.15, 0.2) is 0 Å². The van der Waals surface area contributed by atoms with E-state index < -0.39 is 20.0 Å². The number of likely N-dealkylation sites (N-methyl/N-ethyl adjacent to an activating group) is 1. The van der Waals surface area contributed by atoms with E-state index in [-0.39, 0.29) is 37.9 Å². The average Bonchev–Trinajstić information content (AvgIpc) is 3.46. The van der Waals surface area contributed by atoms with Crippen LogP contribution in [0.3, 0.4) is 0 Å². The molecule has 2 N–H and O–H groups in total. The van der Waals surface area contributed by atoms with Crippen molar-refractivity contribution in [2.45, 2.75) is 277 Å². The van der Waals surface area contributed by atoms with E-state index in [0.29, 0.717) is 23.9 Å². The summed E-state index contributed by atoms with van der Waals surface area (Å²) in [6.45, 7) is 6.83. The summed E-state index contributed by atoms with van der Waals surface area (Å²) < 4.78 is 30.7. The fourth-order valence-electron chi connectivity index (χ4n) is 8.93. The Morgan fingerprint density at radius 2 is 0.771 bits per heavy atom. The zero-order valence-electron chi connectivity index (χ0n) is 54.1. The normalized spacial score (nSPS) is 14.4. The molecule has 0 aliphatic carbocycles. The van der Waals surface area contributed by atoms with Crippen molar-refractivity contribution >= 4 is 19.7 Å². The highest BCUT2D eigenvalue weighted by Crippen LogP contribution is 2.43. The van der Waals surface area contributed by atoms with Gasteiger partial charge >= 0.3 is 13.8 Å². The van der Waals surface area contributed by atoms with E-state index in [4.69, 9.17) is 13.8 Å². The molecular formula is C73H126N2O7P+. The van der Waals surface area contributed by atoms with Crippen LogP contribution < -0.4 is 5.32 Å². The van der Waals surface area contributed by atoms with Gasteiger partial charge in [-0.2, -0.15) is 0 Å². The molecule has 0 aliphatic rings. The van der Waals surface area contributed by atoms with Crippen LogP contribution in [-0.2, 0) is 27.9 Å². The molecule has 0 spiro atoms. The van der Waals surface area contributed by atoms with E-state index in [2.05, 4.69) is 148 Å². The first-order valence-corrected chi connectivity index (χ1v) is 35.0. The van der Waals surface area contributed by atoms with Gasteiger partial charge < -0.3 is 19.4 Å². The van der Waals surface area contributed by atoms with Crippen LogP contribution in [0.5, 0.6) is 0 Å². The van der Waals surface area contributed by atoms with Crippen LogP contribution in [0.4, 0.5) is 0 Å². The molecule has 0 aromatic carbocycles. The van der Waals surface area contributed by atoms with Crippen molar-refractivity contribution in [3.63, 3.8) is 0 Å². The number of carbonyl (C=O) groups is 2. The van der Waals surface area contributed by atoms with Crippen molar-refractivity contribution in [1.82, 2.24) is 5.32 Å². The van der Waals surface area contributed by atoms with E-state index in [0.717, 1.165) is 135 Å². The number of hydrogen-bond donors (Lipinski definition) is 2. The lowest BCUT2D eigenvalue weighted by molar-refractivity contribution is -0.870. The number of quaternary nitrogens is 1. The van der Waals surface area contributed by atoms with Gasteiger partial charge in [-0.1, -0.05) is 258 Å². The summed E-state index contributed by atoms with van der Waals surface area (Å²) in [4.78, 5) is 37.8. The molecule has 0 heterocycles. The number of nitrogens with one attached hydrogen (secondary N) is 1. The molecule has 9 nitrogen and oxygen atoms in total. The third-order valence-corrected chi connectivity index (χ3v) is 15.1. The van der Waals surface area contributed by atoms with Crippen LogP contribution in [0.1, 0.15) is 265 Å². The third-order valence-electron chi connectivity index (χ3n) is 14.1. The average molecular weight is 1170 g/mol. The Bertz CT molecular complexity index is 1880. The summed E-state index contributed by atoms with van der Waals surface area (Å²) in [5.41, 5.74) is 0. The van der Waals surface area contributed by atoms with Crippen molar-refractivity contribution in [2.24, 2.45) is 0 Å². The smallest absolute Gasteiger partial charge is 0.456 e. The molecule has 0 radical (unpaired) electrons. The fraction of sp³-hybridized carbons (Fsp3) is 0.671. The lowest BCUT2D eigenvalue weighted by Gasteiger charge is -2.27. The molecule has 3 atom stereocenters. The molecule has 0 aliphatic heterocycles. The molecule has 0 fully saturated rings. The Kier molecular flexibility index (Phi) is 58.4. The van der Waals surface area contributed by atoms with Crippen molar-refractivity contribution in [1.29, 1.82) is 0 Å². The minimum absolute atomic E-state index is 0.0239. The van der Waals surface area contributed by atoms with Crippen LogP contribution >= 0.6 is 7.82 Å². The molecule has 0 aromatic rings. The first-order valence-electron chi connectivity index (χ1n) is 33.5. The van der Waals surface area contributed by atoms with Crippen LogP contribution in [0.2, 0.25) is 0 Å². The number of carbonyl (C=O) groups excluding carboxylic acids is 2. The maximum atomic E-state index is 13.6. The van der Waals surface area contributed by atoms with E-state index in [1.165, 1.54) is 83.5 Å². The number of rotatable bonds is 59. The molecule has 0 aromatic heterocycles. The SMILES string of the molecule is CC/C=C\C/C=C\C/C=C\C/C=C\C/C=C\C/C=C\CCCCCCCCC(=O)OC(/C=C\CCCCCCCCCCCCC)C(COP(=O)(O)OCC[N+](C)(C)C)NC(=O)CCCCC/C=C\C/C=C\C/C=C\C/C=C\CCCCC. The Labute approximate surface area is 511 Å². The van der Waals surface area contributed by atoms with Gasteiger partial charge in [0.2, 0.25) is 5.91 Å².